The molecule has 0 saturated carbocycles. The number of carbonyl (C=O) groups is 3. The number of nitrogens with one attached hydrogen (secondary N) is 4. The summed E-state index contributed by atoms with van der Waals surface area (Å²) in [4.78, 5) is 59.9. The van der Waals surface area contributed by atoms with Gasteiger partial charge in [0.15, 0.2) is 0 Å². The van der Waals surface area contributed by atoms with Gasteiger partial charge in [-0.15, -0.1) is 22.7 Å². The van der Waals surface area contributed by atoms with Crippen molar-refractivity contribution in [2.75, 3.05) is 33.5 Å². The van der Waals surface area contributed by atoms with Crippen molar-refractivity contribution in [3.05, 3.63) is 59.1 Å². The molecule has 0 spiro atoms. The summed E-state index contributed by atoms with van der Waals surface area (Å²) in [6.07, 6.45) is 6.59. The topological polar surface area (TPSA) is 158 Å². The maximum atomic E-state index is 13.8. The largest absolute Gasteiger partial charge is 0.453 e. The number of carbonyl (C=O) groups excluding carboxylic acids is 3. The lowest BCUT2D eigenvalue weighted by molar-refractivity contribution is -0.136. The first-order valence-corrected chi connectivity index (χ1v) is 22.2. The van der Waals surface area contributed by atoms with E-state index in [1.54, 1.807) is 22.7 Å². The van der Waals surface area contributed by atoms with Gasteiger partial charge in [-0.2, -0.15) is 0 Å². The number of amides is 3. The molecule has 2 unspecified atom stereocenters. The van der Waals surface area contributed by atoms with Crippen molar-refractivity contribution < 1.29 is 23.9 Å². The minimum absolute atomic E-state index is 0.0921. The summed E-state index contributed by atoms with van der Waals surface area (Å²) >= 11 is 3.46. The van der Waals surface area contributed by atoms with E-state index in [2.05, 4.69) is 83.3 Å². The Bertz CT molecular complexity index is 2190. The fraction of sp³-hybridized carbons (Fsp3) is 0.512. The molecule has 4 atom stereocenters. The first-order valence-electron chi connectivity index (χ1n) is 20.4. The molecule has 2 aliphatic heterocycles. The molecule has 310 valence electrons. The summed E-state index contributed by atoms with van der Waals surface area (Å²) in [5, 5.41) is 10.5. The van der Waals surface area contributed by atoms with Crippen LogP contribution in [0.4, 0.5) is 4.79 Å². The number of aromatic nitrogens is 4. The van der Waals surface area contributed by atoms with Crippen molar-refractivity contribution in [3.8, 4) is 33.6 Å². The number of nitrogens with zero attached hydrogens (tertiary/aromatic N) is 4. The molecular formula is C43H56N8O5S2. The number of H-pyrrole nitrogens is 2. The smallest absolute Gasteiger partial charge is 0.407 e. The number of aromatic amines is 2. The Labute approximate surface area is 348 Å². The quantitative estimate of drug-likeness (QED) is 0.0606. The van der Waals surface area contributed by atoms with Gasteiger partial charge in [0, 0.05) is 35.0 Å². The van der Waals surface area contributed by atoms with Crippen molar-refractivity contribution in [2.45, 2.75) is 91.4 Å². The van der Waals surface area contributed by atoms with E-state index in [0.717, 1.165) is 65.4 Å². The highest BCUT2D eigenvalue weighted by atomic mass is 32.1. The Kier molecular flexibility index (Phi) is 13.0. The number of hydrogen-bond acceptors (Lipinski definition) is 10. The van der Waals surface area contributed by atoms with Crippen LogP contribution in [0.25, 0.3) is 43.0 Å². The van der Waals surface area contributed by atoms with Crippen LogP contribution in [0.15, 0.2) is 47.4 Å². The Morgan fingerprint density at radius 1 is 0.776 bits per heavy atom. The lowest BCUT2D eigenvalue weighted by Crippen LogP contribution is -2.51. The van der Waals surface area contributed by atoms with Crippen LogP contribution in [0.3, 0.4) is 0 Å². The number of methoxy groups -OCH3 is 1. The predicted molar refractivity (Wildman–Crippen MR) is 229 cm³/mol. The standard InChI is InChI=1S/C43H56N8O5S2/c1-24(2)20-56-23-46-35(25(3)4)41(52)50-16-8-11-34(50)40-45-19-32(48-40)30-22-58-37-29(21-57-38(30)37)27-12-14-28(15-13-27)31-18-44-39(47-31)33-10-9-17-51(33)42(53)36(26(5)6)49-43(54)55-7/h12-15,18-19,21-22,24-26,33-36,46H,8-11,16-17,20,23H2,1-7H3,(H,44,47)(H,45,48)(H,49,54)/t33?,34?,35-,36-/m0/s1. The molecule has 0 bridgehead atoms. The lowest BCUT2D eigenvalue weighted by atomic mass is 10.0. The van der Waals surface area contributed by atoms with Gasteiger partial charge in [0.25, 0.3) is 0 Å². The Morgan fingerprint density at radius 3 is 1.90 bits per heavy atom. The van der Waals surface area contributed by atoms with Crippen molar-refractivity contribution in [3.63, 3.8) is 0 Å². The molecule has 2 fully saturated rings. The lowest BCUT2D eigenvalue weighted by Gasteiger charge is -2.30. The van der Waals surface area contributed by atoms with Crippen LogP contribution in [0, 0.1) is 17.8 Å². The minimum Gasteiger partial charge on any atom is -0.453 e. The highest BCUT2D eigenvalue weighted by Gasteiger charge is 2.38. The zero-order valence-corrected chi connectivity index (χ0v) is 36.1. The van der Waals surface area contributed by atoms with Crippen LogP contribution in [0.1, 0.15) is 91.0 Å². The molecule has 3 amide bonds. The van der Waals surface area contributed by atoms with Crippen LogP contribution < -0.4 is 10.6 Å². The molecular weight excluding hydrogens is 773 g/mol. The molecule has 0 radical (unpaired) electrons. The van der Waals surface area contributed by atoms with Gasteiger partial charge >= 0.3 is 6.09 Å². The predicted octanol–water partition coefficient (Wildman–Crippen LogP) is 8.36. The summed E-state index contributed by atoms with van der Waals surface area (Å²) in [5.74, 6) is 2.00. The highest BCUT2D eigenvalue weighted by Crippen LogP contribution is 2.44. The molecule has 15 heteroatoms. The number of imidazole rings is 2. The van der Waals surface area contributed by atoms with E-state index in [1.165, 1.54) is 22.1 Å². The Hall–Kier alpha value is -4.57. The van der Waals surface area contributed by atoms with Crippen LogP contribution in [0.2, 0.25) is 0 Å². The van der Waals surface area contributed by atoms with Crippen molar-refractivity contribution in [1.29, 1.82) is 0 Å². The first kappa shape index (κ1) is 41.6. The van der Waals surface area contributed by atoms with Crippen LogP contribution >= 0.6 is 22.7 Å². The van der Waals surface area contributed by atoms with Crippen molar-refractivity contribution in [2.24, 2.45) is 17.8 Å². The van der Waals surface area contributed by atoms with E-state index in [4.69, 9.17) is 19.4 Å². The van der Waals surface area contributed by atoms with Crippen LogP contribution in [-0.2, 0) is 19.1 Å². The van der Waals surface area contributed by atoms with E-state index >= 15 is 0 Å². The summed E-state index contributed by atoms with van der Waals surface area (Å²) in [6.45, 7) is 14.5. The number of ether oxygens (including phenoxy) is 2. The average Bonchev–Trinajstić information content (AvgIpc) is 4.05. The Morgan fingerprint density at radius 2 is 1.31 bits per heavy atom. The second-order valence-corrected chi connectivity index (χ2v) is 18.2. The Balaban J connectivity index is 1.03. The van der Waals surface area contributed by atoms with E-state index in [9.17, 15) is 14.4 Å². The van der Waals surface area contributed by atoms with E-state index in [0.29, 0.717) is 32.3 Å². The molecule has 58 heavy (non-hydrogen) atoms. The number of fused-ring (bicyclic) bond motifs is 1. The van der Waals surface area contributed by atoms with Gasteiger partial charge in [-0.1, -0.05) is 65.8 Å². The summed E-state index contributed by atoms with van der Waals surface area (Å²) in [5.41, 5.74) is 6.28. The zero-order valence-electron chi connectivity index (χ0n) is 34.5. The SMILES string of the molecule is COC(=O)N[C@H](C(=O)N1CCCC1c1ncc(-c2ccc(-c3csc4c(-c5cnc(C6CCCN6C(=O)[C@@H](NCOCC(C)C)C(C)C)[nH]5)csc34)cc2)[nH]1)C(C)C. The number of hydrogen-bond donors (Lipinski definition) is 4. The molecule has 5 aromatic rings. The third kappa shape index (κ3) is 8.73. The number of rotatable bonds is 15. The molecule has 6 heterocycles. The number of likely N-dealkylation sites (tertiary alicyclic amines) is 2. The summed E-state index contributed by atoms with van der Waals surface area (Å²) in [6, 6.07) is 7.20. The van der Waals surface area contributed by atoms with Crippen LogP contribution in [0.5, 0.6) is 0 Å². The molecule has 0 aliphatic carbocycles. The first-order chi connectivity index (χ1) is 27.9. The van der Waals surface area contributed by atoms with Crippen molar-refractivity contribution >= 4 is 50.0 Å². The fourth-order valence-electron chi connectivity index (χ4n) is 8.07. The monoisotopic (exact) mass is 828 g/mol. The maximum absolute atomic E-state index is 13.8. The normalized spacial score (nSPS) is 18.2. The molecule has 1 aromatic carbocycles. The number of thiophene rings is 2. The third-order valence-electron chi connectivity index (χ3n) is 11.2. The third-order valence-corrected chi connectivity index (χ3v) is 13.3. The van der Waals surface area contributed by atoms with E-state index in [1.807, 2.05) is 36.0 Å². The highest BCUT2D eigenvalue weighted by molar-refractivity contribution is 7.27. The van der Waals surface area contributed by atoms with Crippen LogP contribution in [-0.4, -0.2) is 93.3 Å². The van der Waals surface area contributed by atoms with Gasteiger partial charge in [-0.3, -0.25) is 14.9 Å². The number of alkyl carbamates (subject to hydrolysis) is 1. The average molecular weight is 829 g/mol. The molecule has 4 N–H and O–H groups in total. The molecule has 2 aliphatic rings. The summed E-state index contributed by atoms with van der Waals surface area (Å²) in [7, 11) is 1.30. The number of benzene rings is 1. The zero-order chi connectivity index (χ0) is 41.1. The molecule has 7 rings (SSSR count). The van der Waals surface area contributed by atoms with Gasteiger partial charge in [-0.25, -0.2) is 14.8 Å². The van der Waals surface area contributed by atoms with Gasteiger partial charge in [0.2, 0.25) is 11.8 Å². The van der Waals surface area contributed by atoms with Gasteiger partial charge in [0.05, 0.1) is 71.8 Å². The maximum Gasteiger partial charge on any atom is 0.407 e. The van der Waals surface area contributed by atoms with Crippen molar-refractivity contribution in [1.82, 2.24) is 40.4 Å². The summed E-state index contributed by atoms with van der Waals surface area (Å²) < 4.78 is 13.0. The van der Waals surface area contributed by atoms with E-state index < -0.39 is 12.1 Å². The second kappa shape index (κ2) is 18.1. The molecule has 2 saturated heterocycles. The fourth-order valence-corrected chi connectivity index (χ4v) is 10.5. The molecule has 4 aromatic heterocycles. The second-order valence-electron chi connectivity index (χ2n) is 16.5. The molecule has 13 nitrogen and oxygen atoms in total. The van der Waals surface area contributed by atoms with Gasteiger partial charge in [0.1, 0.15) is 17.7 Å². The van der Waals surface area contributed by atoms with Gasteiger partial charge in [-0.05, 0) is 54.6 Å². The van der Waals surface area contributed by atoms with Gasteiger partial charge < -0.3 is 34.6 Å². The van der Waals surface area contributed by atoms with E-state index in [-0.39, 0.29) is 41.8 Å². The minimum atomic E-state index is -0.680.